The van der Waals surface area contributed by atoms with Crippen molar-refractivity contribution in [3.8, 4) is 0 Å². The summed E-state index contributed by atoms with van der Waals surface area (Å²) in [6.07, 6.45) is 4.31. The number of carbonyl (C=O) groups is 2. The molecule has 0 bridgehead atoms. The van der Waals surface area contributed by atoms with E-state index in [1.165, 1.54) is 22.4 Å². The van der Waals surface area contributed by atoms with E-state index in [4.69, 9.17) is 0 Å². The molecular formula is C29H37N3O2. The van der Waals surface area contributed by atoms with Crippen LogP contribution < -0.4 is 4.90 Å². The van der Waals surface area contributed by atoms with E-state index in [0.717, 1.165) is 51.9 Å². The highest BCUT2D eigenvalue weighted by Crippen LogP contribution is 2.37. The highest BCUT2D eigenvalue weighted by atomic mass is 16.2. The van der Waals surface area contributed by atoms with Crippen molar-refractivity contribution in [1.82, 2.24) is 9.80 Å². The van der Waals surface area contributed by atoms with E-state index in [9.17, 15) is 9.59 Å². The average molecular weight is 460 g/mol. The van der Waals surface area contributed by atoms with Crippen LogP contribution in [0.2, 0.25) is 0 Å². The van der Waals surface area contributed by atoms with Gasteiger partial charge in [-0.2, -0.15) is 0 Å². The Morgan fingerprint density at radius 3 is 2.12 bits per heavy atom. The molecule has 3 aliphatic rings. The Morgan fingerprint density at radius 1 is 0.765 bits per heavy atom. The third kappa shape index (κ3) is 4.57. The van der Waals surface area contributed by atoms with E-state index in [1.54, 1.807) is 0 Å². The Balaban J connectivity index is 1.31. The quantitative estimate of drug-likeness (QED) is 0.681. The highest BCUT2D eigenvalue weighted by Gasteiger charge is 2.43. The molecule has 2 saturated heterocycles. The van der Waals surface area contributed by atoms with Gasteiger partial charge in [0.1, 0.15) is 0 Å². The Kier molecular flexibility index (Phi) is 6.62. The summed E-state index contributed by atoms with van der Waals surface area (Å²) in [6, 6.07) is 17.0. The molecule has 0 N–H and O–H groups in total. The monoisotopic (exact) mass is 459 g/mol. The molecule has 5 nitrogen and oxygen atoms in total. The second-order valence-corrected chi connectivity index (χ2v) is 10.4. The molecule has 3 fully saturated rings. The Hall–Kier alpha value is -2.82. The number of amides is 2. The van der Waals surface area contributed by atoms with Crippen LogP contribution in [0.25, 0.3) is 0 Å². The Bertz CT molecular complexity index is 1020. The normalized spacial score (nSPS) is 23.5. The smallest absolute Gasteiger partial charge is 0.228 e. The van der Waals surface area contributed by atoms with Gasteiger partial charge in [0, 0.05) is 56.8 Å². The maximum Gasteiger partial charge on any atom is 0.228 e. The topological polar surface area (TPSA) is 43.9 Å². The van der Waals surface area contributed by atoms with E-state index >= 15 is 0 Å². The Morgan fingerprint density at radius 2 is 1.44 bits per heavy atom. The standard InChI is InChI=1S/C29H37N3O2/c1-21-11-13-23(14-12-21)25-19-32(28(33)24-8-4-5-9-24)20-26(25)29(34)31-17-15-30(16-18-31)27-10-6-3-7-22(27)2/h3,6-7,10-14,24-26H,4-5,8-9,15-20H2,1-2H3. The zero-order valence-corrected chi connectivity index (χ0v) is 20.6. The number of likely N-dealkylation sites (tertiary alicyclic amines) is 1. The zero-order valence-electron chi connectivity index (χ0n) is 20.6. The molecule has 5 heteroatoms. The fraction of sp³-hybridized carbons (Fsp3) is 0.517. The van der Waals surface area contributed by atoms with Crippen molar-refractivity contribution in [3.05, 3.63) is 65.2 Å². The second-order valence-electron chi connectivity index (χ2n) is 10.4. The predicted molar refractivity (Wildman–Crippen MR) is 136 cm³/mol. The second kappa shape index (κ2) is 9.81. The number of carbonyl (C=O) groups excluding carboxylic acids is 2. The number of piperazine rings is 1. The molecule has 1 saturated carbocycles. The minimum atomic E-state index is -0.155. The van der Waals surface area contributed by atoms with Crippen molar-refractivity contribution < 1.29 is 9.59 Å². The molecule has 2 heterocycles. The first-order chi connectivity index (χ1) is 16.5. The lowest BCUT2D eigenvalue weighted by molar-refractivity contribution is -0.137. The first kappa shape index (κ1) is 22.9. The molecule has 1 aliphatic carbocycles. The number of nitrogens with zero attached hydrogens (tertiary/aromatic N) is 3. The Labute approximate surface area is 203 Å². The number of benzene rings is 2. The fourth-order valence-electron chi connectivity index (χ4n) is 6.14. The lowest BCUT2D eigenvalue weighted by Crippen LogP contribution is -2.51. The van der Waals surface area contributed by atoms with Gasteiger partial charge in [0.25, 0.3) is 0 Å². The van der Waals surface area contributed by atoms with Crippen LogP contribution >= 0.6 is 0 Å². The van der Waals surface area contributed by atoms with Gasteiger partial charge in [-0.3, -0.25) is 9.59 Å². The summed E-state index contributed by atoms with van der Waals surface area (Å²) < 4.78 is 0. The minimum absolute atomic E-state index is 0.0767. The molecule has 2 aromatic rings. The van der Waals surface area contributed by atoms with E-state index < -0.39 is 0 Å². The van der Waals surface area contributed by atoms with Gasteiger partial charge in [-0.1, -0.05) is 60.9 Å². The summed E-state index contributed by atoms with van der Waals surface area (Å²) in [7, 11) is 0. The average Bonchev–Trinajstić information content (AvgIpc) is 3.55. The molecule has 0 aromatic heterocycles. The number of hydrogen-bond donors (Lipinski definition) is 0. The van der Waals surface area contributed by atoms with Gasteiger partial charge in [0.15, 0.2) is 0 Å². The molecule has 5 rings (SSSR count). The third-order valence-electron chi connectivity index (χ3n) is 8.21. The molecule has 0 spiro atoms. The summed E-state index contributed by atoms with van der Waals surface area (Å²) in [5, 5.41) is 0. The van der Waals surface area contributed by atoms with Gasteiger partial charge in [-0.15, -0.1) is 0 Å². The first-order valence-electron chi connectivity index (χ1n) is 13.0. The van der Waals surface area contributed by atoms with Crippen molar-refractivity contribution >= 4 is 17.5 Å². The zero-order chi connectivity index (χ0) is 23.7. The van der Waals surface area contributed by atoms with Crippen LogP contribution in [-0.2, 0) is 9.59 Å². The van der Waals surface area contributed by atoms with Crippen molar-refractivity contribution in [3.63, 3.8) is 0 Å². The van der Waals surface area contributed by atoms with Gasteiger partial charge >= 0.3 is 0 Å². The summed E-state index contributed by atoms with van der Waals surface area (Å²) >= 11 is 0. The van der Waals surface area contributed by atoms with E-state index in [1.807, 2.05) is 9.80 Å². The predicted octanol–water partition coefficient (Wildman–Crippen LogP) is 4.38. The SMILES string of the molecule is Cc1ccc(C2CN(C(=O)C3CCCC3)CC2C(=O)N2CCN(c3ccccc3C)CC2)cc1. The first-order valence-corrected chi connectivity index (χ1v) is 13.0. The summed E-state index contributed by atoms with van der Waals surface area (Å²) in [6.45, 7) is 8.63. The number of rotatable bonds is 4. The van der Waals surface area contributed by atoms with Crippen molar-refractivity contribution in [1.29, 1.82) is 0 Å². The van der Waals surface area contributed by atoms with Gasteiger partial charge in [-0.25, -0.2) is 0 Å². The van der Waals surface area contributed by atoms with Crippen molar-refractivity contribution in [2.75, 3.05) is 44.2 Å². The van der Waals surface area contributed by atoms with Gasteiger partial charge in [-0.05, 0) is 43.9 Å². The van der Waals surface area contributed by atoms with Crippen LogP contribution in [0.1, 0.15) is 48.3 Å². The van der Waals surface area contributed by atoms with Crippen LogP contribution in [0.3, 0.4) is 0 Å². The van der Waals surface area contributed by atoms with Gasteiger partial charge < -0.3 is 14.7 Å². The van der Waals surface area contributed by atoms with Crippen molar-refractivity contribution in [2.24, 2.45) is 11.8 Å². The van der Waals surface area contributed by atoms with Gasteiger partial charge in [0.05, 0.1) is 5.92 Å². The molecule has 180 valence electrons. The summed E-state index contributed by atoms with van der Waals surface area (Å²) in [5.41, 5.74) is 4.94. The third-order valence-corrected chi connectivity index (χ3v) is 8.21. The van der Waals surface area contributed by atoms with E-state index in [0.29, 0.717) is 13.1 Å². The maximum atomic E-state index is 13.8. The molecule has 2 atom stereocenters. The van der Waals surface area contributed by atoms with Crippen LogP contribution in [0.5, 0.6) is 0 Å². The number of hydrogen-bond acceptors (Lipinski definition) is 3. The largest absolute Gasteiger partial charge is 0.368 e. The lowest BCUT2D eigenvalue weighted by Gasteiger charge is -2.38. The minimum Gasteiger partial charge on any atom is -0.368 e. The number of para-hydroxylation sites is 1. The van der Waals surface area contributed by atoms with Crippen LogP contribution in [0, 0.1) is 25.7 Å². The van der Waals surface area contributed by atoms with Crippen molar-refractivity contribution in [2.45, 2.75) is 45.4 Å². The highest BCUT2D eigenvalue weighted by molar-refractivity contribution is 5.84. The number of anilines is 1. The van der Waals surface area contributed by atoms with Crippen LogP contribution in [-0.4, -0.2) is 60.9 Å². The maximum absolute atomic E-state index is 13.8. The van der Waals surface area contributed by atoms with Crippen LogP contribution in [0.4, 0.5) is 5.69 Å². The number of aryl methyl sites for hydroxylation is 2. The molecule has 2 aromatic carbocycles. The molecule has 0 radical (unpaired) electrons. The molecular weight excluding hydrogens is 422 g/mol. The summed E-state index contributed by atoms with van der Waals surface area (Å²) in [5.74, 6) is 0.571. The molecule has 34 heavy (non-hydrogen) atoms. The lowest BCUT2D eigenvalue weighted by atomic mass is 9.87. The van der Waals surface area contributed by atoms with Crippen LogP contribution in [0.15, 0.2) is 48.5 Å². The van der Waals surface area contributed by atoms with E-state index in [2.05, 4.69) is 67.3 Å². The molecule has 2 aliphatic heterocycles. The molecule has 2 amide bonds. The fourth-order valence-corrected chi connectivity index (χ4v) is 6.14. The summed E-state index contributed by atoms with van der Waals surface area (Å²) in [4.78, 5) is 33.5. The van der Waals surface area contributed by atoms with Gasteiger partial charge in [0.2, 0.25) is 11.8 Å². The molecule has 2 unspecified atom stereocenters. The van der Waals surface area contributed by atoms with E-state index in [-0.39, 0.29) is 29.6 Å².